The molecule has 1 heterocycles. The van der Waals surface area contributed by atoms with Crippen LogP contribution in [0.15, 0.2) is 18.2 Å². The first-order valence-electron chi connectivity index (χ1n) is 6.99. The first kappa shape index (κ1) is 14.7. The molecular formula is C15H23N3O2. The van der Waals surface area contributed by atoms with E-state index in [4.69, 9.17) is 10.5 Å². The van der Waals surface area contributed by atoms with Gasteiger partial charge in [-0.05, 0) is 32.0 Å². The second-order valence-corrected chi connectivity index (χ2v) is 5.38. The minimum atomic E-state index is -0.327. The van der Waals surface area contributed by atoms with Crippen molar-refractivity contribution in [1.82, 2.24) is 4.90 Å². The molecule has 2 rings (SSSR count). The number of esters is 1. The number of hydrogen-bond donors (Lipinski definition) is 1. The van der Waals surface area contributed by atoms with Crippen LogP contribution in [0, 0.1) is 0 Å². The molecule has 0 radical (unpaired) electrons. The predicted octanol–water partition coefficient (Wildman–Crippen LogP) is 1.59. The molecule has 0 aromatic heterocycles. The maximum absolute atomic E-state index is 11.6. The topological polar surface area (TPSA) is 58.8 Å². The van der Waals surface area contributed by atoms with Crippen molar-refractivity contribution >= 4 is 17.3 Å². The lowest BCUT2D eigenvalue weighted by Gasteiger charge is -2.38. The van der Waals surface area contributed by atoms with Gasteiger partial charge in [-0.25, -0.2) is 4.79 Å². The molecule has 0 unspecified atom stereocenters. The number of nitrogen functional groups attached to an aromatic ring is 1. The van der Waals surface area contributed by atoms with Gasteiger partial charge in [-0.15, -0.1) is 0 Å². The van der Waals surface area contributed by atoms with Gasteiger partial charge in [0.1, 0.15) is 0 Å². The van der Waals surface area contributed by atoms with Gasteiger partial charge in [0.25, 0.3) is 0 Å². The molecule has 0 atom stereocenters. The molecule has 1 aromatic rings. The SMILES string of the molecule is COC(=O)c1ccc(N)c(N2CCN(C(C)C)CC2)c1. The van der Waals surface area contributed by atoms with E-state index in [-0.39, 0.29) is 5.97 Å². The first-order chi connectivity index (χ1) is 9.52. The maximum Gasteiger partial charge on any atom is 0.337 e. The summed E-state index contributed by atoms with van der Waals surface area (Å²) in [6, 6.07) is 5.87. The highest BCUT2D eigenvalue weighted by atomic mass is 16.5. The molecule has 20 heavy (non-hydrogen) atoms. The molecule has 5 heteroatoms. The summed E-state index contributed by atoms with van der Waals surface area (Å²) in [4.78, 5) is 16.3. The van der Waals surface area contributed by atoms with Crippen molar-refractivity contribution < 1.29 is 9.53 Å². The summed E-state index contributed by atoms with van der Waals surface area (Å²) >= 11 is 0. The van der Waals surface area contributed by atoms with Crippen LogP contribution in [-0.2, 0) is 4.74 Å². The van der Waals surface area contributed by atoms with E-state index in [1.807, 2.05) is 6.07 Å². The summed E-state index contributed by atoms with van der Waals surface area (Å²) in [6.45, 7) is 8.29. The third kappa shape index (κ3) is 3.04. The minimum absolute atomic E-state index is 0.327. The van der Waals surface area contributed by atoms with Crippen molar-refractivity contribution in [2.24, 2.45) is 0 Å². The number of carbonyl (C=O) groups is 1. The number of benzene rings is 1. The second-order valence-electron chi connectivity index (χ2n) is 5.38. The number of methoxy groups -OCH3 is 1. The largest absolute Gasteiger partial charge is 0.465 e. The second kappa shape index (κ2) is 6.13. The highest BCUT2D eigenvalue weighted by molar-refractivity contribution is 5.92. The zero-order chi connectivity index (χ0) is 14.7. The Morgan fingerprint density at radius 2 is 1.90 bits per heavy atom. The molecule has 1 aromatic carbocycles. The number of piperazine rings is 1. The average Bonchev–Trinajstić information content (AvgIpc) is 2.47. The van der Waals surface area contributed by atoms with Crippen molar-refractivity contribution in [3.8, 4) is 0 Å². The highest BCUT2D eigenvalue weighted by Crippen LogP contribution is 2.26. The lowest BCUT2D eigenvalue weighted by atomic mass is 10.1. The number of nitrogens with zero attached hydrogens (tertiary/aromatic N) is 2. The summed E-state index contributed by atoms with van der Waals surface area (Å²) in [5, 5.41) is 0. The molecule has 5 nitrogen and oxygen atoms in total. The Hall–Kier alpha value is -1.75. The quantitative estimate of drug-likeness (QED) is 0.671. The van der Waals surface area contributed by atoms with E-state index in [9.17, 15) is 4.79 Å². The molecular weight excluding hydrogens is 254 g/mol. The summed E-state index contributed by atoms with van der Waals surface area (Å²) in [6.07, 6.45) is 0. The average molecular weight is 277 g/mol. The number of rotatable bonds is 3. The van der Waals surface area contributed by atoms with E-state index in [0.29, 0.717) is 17.3 Å². The lowest BCUT2D eigenvalue weighted by molar-refractivity contribution is 0.0601. The molecule has 0 saturated carbocycles. The van der Waals surface area contributed by atoms with Crippen molar-refractivity contribution in [2.45, 2.75) is 19.9 Å². The fraction of sp³-hybridized carbons (Fsp3) is 0.533. The van der Waals surface area contributed by atoms with Gasteiger partial charge in [-0.3, -0.25) is 4.90 Å². The Labute approximate surface area is 120 Å². The number of ether oxygens (including phenoxy) is 1. The van der Waals surface area contributed by atoms with Crippen LogP contribution in [-0.4, -0.2) is 50.2 Å². The molecule has 0 spiro atoms. The third-order valence-electron chi connectivity index (χ3n) is 3.84. The van der Waals surface area contributed by atoms with Crippen LogP contribution in [0.2, 0.25) is 0 Å². The number of nitrogens with two attached hydrogens (primary N) is 1. The fourth-order valence-corrected chi connectivity index (χ4v) is 2.54. The normalized spacial score (nSPS) is 16.5. The number of anilines is 2. The van der Waals surface area contributed by atoms with Crippen LogP contribution in [0.4, 0.5) is 11.4 Å². The van der Waals surface area contributed by atoms with Gasteiger partial charge < -0.3 is 15.4 Å². The Kier molecular flexibility index (Phi) is 4.49. The first-order valence-corrected chi connectivity index (χ1v) is 6.99. The molecule has 1 fully saturated rings. The molecule has 0 amide bonds. The van der Waals surface area contributed by atoms with Crippen LogP contribution in [0.3, 0.4) is 0 Å². The monoisotopic (exact) mass is 277 g/mol. The van der Waals surface area contributed by atoms with Gasteiger partial charge in [-0.1, -0.05) is 0 Å². The summed E-state index contributed by atoms with van der Waals surface area (Å²) in [5.74, 6) is -0.327. The van der Waals surface area contributed by atoms with Gasteiger partial charge in [0, 0.05) is 32.2 Å². The van der Waals surface area contributed by atoms with Crippen LogP contribution in [0.1, 0.15) is 24.2 Å². The molecule has 0 aliphatic carbocycles. The van der Waals surface area contributed by atoms with Crippen molar-refractivity contribution in [3.05, 3.63) is 23.8 Å². The highest BCUT2D eigenvalue weighted by Gasteiger charge is 2.21. The van der Waals surface area contributed by atoms with Crippen LogP contribution >= 0.6 is 0 Å². The molecule has 110 valence electrons. The Morgan fingerprint density at radius 3 is 2.45 bits per heavy atom. The van der Waals surface area contributed by atoms with Crippen LogP contribution < -0.4 is 10.6 Å². The van der Waals surface area contributed by atoms with Gasteiger partial charge in [-0.2, -0.15) is 0 Å². The zero-order valence-electron chi connectivity index (χ0n) is 12.4. The van der Waals surface area contributed by atoms with E-state index in [2.05, 4.69) is 23.6 Å². The van der Waals surface area contributed by atoms with Gasteiger partial charge >= 0.3 is 5.97 Å². The van der Waals surface area contributed by atoms with Crippen LogP contribution in [0.5, 0.6) is 0 Å². The zero-order valence-corrected chi connectivity index (χ0v) is 12.4. The smallest absolute Gasteiger partial charge is 0.337 e. The predicted molar refractivity (Wildman–Crippen MR) is 81.1 cm³/mol. The third-order valence-corrected chi connectivity index (χ3v) is 3.84. The molecule has 0 bridgehead atoms. The summed E-state index contributed by atoms with van der Waals surface area (Å²) in [5.41, 5.74) is 8.22. The Morgan fingerprint density at radius 1 is 1.25 bits per heavy atom. The van der Waals surface area contributed by atoms with E-state index in [1.165, 1.54) is 7.11 Å². The number of carbonyl (C=O) groups excluding carboxylic acids is 1. The fourth-order valence-electron chi connectivity index (χ4n) is 2.54. The number of hydrogen-bond acceptors (Lipinski definition) is 5. The van der Waals surface area contributed by atoms with Gasteiger partial charge in [0.15, 0.2) is 0 Å². The summed E-state index contributed by atoms with van der Waals surface area (Å²) in [7, 11) is 1.39. The van der Waals surface area contributed by atoms with Gasteiger partial charge in [0.2, 0.25) is 0 Å². The van der Waals surface area contributed by atoms with E-state index in [1.54, 1.807) is 12.1 Å². The van der Waals surface area contributed by atoms with Crippen molar-refractivity contribution in [2.75, 3.05) is 43.9 Å². The lowest BCUT2D eigenvalue weighted by Crippen LogP contribution is -2.49. The van der Waals surface area contributed by atoms with Crippen LogP contribution in [0.25, 0.3) is 0 Å². The van der Waals surface area contributed by atoms with E-state index >= 15 is 0 Å². The summed E-state index contributed by atoms with van der Waals surface area (Å²) < 4.78 is 4.76. The Balaban J connectivity index is 2.15. The maximum atomic E-state index is 11.6. The van der Waals surface area contributed by atoms with Crippen molar-refractivity contribution in [1.29, 1.82) is 0 Å². The molecule has 1 saturated heterocycles. The Bertz CT molecular complexity index is 480. The minimum Gasteiger partial charge on any atom is -0.465 e. The molecule has 1 aliphatic heterocycles. The van der Waals surface area contributed by atoms with Crippen molar-refractivity contribution in [3.63, 3.8) is 0 Å². The molecule has 2 N–H and O–H groups in total. The van der Waals surface area contributed by atoms with E-state index < -0.39 is 0 Å². The molecule has 1 aliphatic rings. The van der Waals surface area contributed by atoms with Gasteiger partial charge in [0.05, 0.1) is 24.0 Å². The standard InChI is InChI=1S/C15H23N3O2/c1-11(2)17-6-8-18(9-7-17)14-10-12(15(19)20-3)4-5-13(14)16/h4-5,10-11H,6-9,16H2,1-3H3. The van der Waals surface area contributed by atoms with E-state index in [0.717, 1.165) is 31.9 Å².